The van der Waals surface area contributed by atoms with Gasteiger partial charge in [-0.15, -0.1) is 0 Å². The molecule has 2 N–H and O–H groups in total. The second kappa shape index (κ2) is 7.24. The molecule has 0 saturated heterocycles. The highest BCUT2D eigenvalue weighted by Gasteiger charge is 2.30. The van der Waals surface area contributed by atoms with Gasteiger partial charge in [-0.25, -0.2) is 4.79 Å². The van der Waals surface area contributed by atoms with E-state index in [1.165, 1.54) is 0 Å². The van der Waals surface area contributed by atoms with E-state index in [2.05, 4.69) is 46.7 Å². The van der Waals surface area contributed by atoms with Gasteiger partial charge in [-0.1, -0.05) is 46.7 Å². The molecule has 28 heavy (non-hydrogen) atoms. The molecule has 1 heterocycles. The van der Waals surface area contributed by atoms with Crippen molar-refractivity contribution in [3.63, 3.8) is 0 Å². The van der Waals surface area contributed by atoms with Crippen LogP contribution in [0.2, 0.25) is 0 Å². The second-order valence-corrected chi connectivity index (χ2v) is 9.69. The number of carboxylic acid groups (broad SMARTS) is 1. The zero-order valence-electron chi connectivity index (χ0n) is 18.0. The Labute approximate surface area is 166 Å². The van der Waals surface area contributed by atoms with Crippen molar-refractivity contribution >= 4 is 5.97 Å². The first-order valence-electron chi connectivity index (χ1n) is 9.34. The number of nitrogens with zero attached hydrogens (tertiary/aromatic N) is 1. The van der Waals surface area contributed by atoms with Gasteiger partial charge in [0, 0.05) is 22.8 Å². The summed E-state index contributed by atoms with van der Waals surface area (Å²) in [5, 5.41) is 23.9. The van der Waals surface area contributed by atoms with Crippen LogP contribution in [-0.2, 0) is 26.0 Å². The van der Waals surface area contributed by atoms with Gasteiger partial charge in [-0.3, -0.25) is 0 Å². The second-order valence-electron chi connectivity index (χ2n) is 9.69. The number of hydrogen-bond donors (Lipinski definition) is 2. The molecule has 6 nitrogen and oxygen atoms in total. The van der Waals surface area contributed by atoms with Gasteiger partial charge in [0.25, 0.3) is 0 Å². The van der Waals surface area contributed by atoms with Crippen LogP contribution < -0.4 is 0 Å². The Morgan fingerprint density at radius 1 is 1.00 bits per heavy atom. The number of phenols is 1. The van der Waals surface area contributed by atoms with E-state index in [0.717, 1.165) is 16.7 Å². The van der Waals surface area contributed by atoms with Gasteiger partial charge in [-0.05, 0) is 36.8 Å². The number of ether oxygens (including phenoxy) is 1. The monoisotopic (exact) mass is 389 g/mol. The van der Waals surface area contributed by atoms with E-state index in [0.29, 0.717) is 17.2 Å². The third kappa shape index (κ3) is 4.73. The first-order chi connectivity index (χ1) is 12.6. The van der Waals surface area contributed by atoms with Crippen molar-refractivity contribution in [2.24, 2.45) is 0 Å². The molecule has 154 valence electrons. The van der Waals surface area contributed by atoms with Crippen LogP contribution in [0.1, 0.15) is 72.3 Å². The molecule has 0 aliphatic rings. The number of carbonyl (C=O) groups is 1. The summed E-state index contributed by atoms with van der Waals surface area (Å²) < 4.78 is 10.9. The molecular weight excluding hydrogens is 358 g/mol. The smallest absolute Gasteiger partial charge is 0.329 e. The van der Waals surface area contributed by atoms with Gasteiger partial charge < -0.3 is 19.5 Å². The van der Waals surface area contributed by atoms with Crippen molar-refractivity contribution in [2.75, 3.05) is 6.61 Å². The molecule has 6 heteroatoms. The molecule has 0 fully saturated rings. The molecule has 0 spiro atoms. The molecule has 0 radical (unpaired) electrons. The number of aromatic nitrogens is 1. The lowest BCUT2D eigenvalue weighted by atomic mass is 9.78. The van der Waals surface area contributed by atoms with Crippen molar-refractivity contribution in [1.29, 1.82) is 0 Å². The summed E-state index contributed by atoms with van der Waals surface area (Å²) in [5.41, 5.74) is 1.67. The van der Waals surface area contributed by atoms with Crippen molar-refractivity contribution in [1.82, 2.24) is 5.16 Å². The molecule has 0 bridgehead atoms. The first kappa shape index (κ1) is 22.0. The van der Waals surface area contributed by atoms with Crippen LogP contribution >= 0.6 is 0 Å². The third-order valence-electron chi connectivity index (χ3n) is 4.68. The largest absolute Gasteiger partial charge is 0.507 e. The quantitative estimate of drug-likeness (QED) is 0.749. The number of aromatic hydroxyl groups is 1. The first-order valence-corrected chi connectivity index (χ1v) is 9.34. The lowest BCUT2D eigenvalue weighted by molar-refractivity contribution is -0.149. The predicted octanol–water partition coefficient (Wildman–Crippen LogP) is 4.98. The van der Waals surface area contributed by atoms with E-state index in [1.807, 2.05) is 12.1 Å². The summed E-state index contributed by atoms with van der Waals surface area (Å²) in [5.74, 6) is -0.306. The van der Waals surface area contributed by atoms with Gasteiger partial charge >= 0.3 is 5.97 Å². The van der Waals surface area contributed by atoms with Crippen molar-refractivity contribution in [3.05, 3.63) is 35.1 Å². The summed E-state index contributed by atoms with van der Waals surface area (Å²) in [6.07, 6.45) is 0. The molecule has 1 aromatic heterocycles. The maximum Gasteiger partial charge on any atom is 0.329 e. The van der Waals surface area contributed by atoms with E-state index in [4.69, 9.17) is 14.4 Å². The lowest BCUT2D eigenvalue weighted by Gasteiger charge is -2.28. The van der Waals surface area contributed by atoms with Gasteiger partial charge in [0.1, 0.15) is 23.7 Å². The fourth-order valence-electron chi connectivity index (χ4n) is 2.93. The minimum atomic E-state index is -1.05. The number of benzene rings is 1. The van der Waals surface area contributed by atoms with E-state index in [9.17, 15) is 9.90 Å². The zero-order valence-corrected chi connectivity index (χ0v) is 18.0. The summed E-state index contributed by atoms with van der Waals surface area (Å²) in [7, 11) is 0. The van der Waals surface area contributed by atoms with Crippen LogP contribution in [0, 0.1) is 0 Å². The van der Waals surface area contributed by atoms with Crippen LogP contribution in [0.3, 0.4) is 0 Å². The highest BCUT2D eigenvalue weighted by molar-refractivity contribution is 5.68. The highest BCUT2D eigenvalue weighted by Crippen LogP contribution is 2.42. The Morgan fingerprint density at radius 2 is 1.50 bits per heavy atom. The molecule has 1 aromatic carbocycles. The summed E-state index contributed by atoms with van der Waals surface area (Å²) >= 11 is 0. The topological polar surface area (TPSA) is 92.8 Å². The molecule has 0 saturated carbocycles. The van der Waals surface area contributed by atoms with Gasteiger partial charge in [0.15, 0.2) is 5.76 Å². The van der Waals surface area contributed by atoms with Crippen LogP contribution in [0.25, 0.3) is 11.3 Å². The number of hydrogen-bond acceptors (Lipinski definition) is 5. The van der Waals surface area contributed by atoms with Gasteiger partial charge in [-0.2, -0.15) is 0 Å². The molecule has 0 aliphatic heterocycles. The minimum absolute atomic E-state index is 0.253. The third-order valence-corrected chi connectivity index (χ3v) is 4.68. The maximum atomic E-state index is 10.9. The number of phenolic OH excluding ortho intramolecular Hbond substituents is 1. The van der Waals surface area contributed by atoms with E-state index >= 15 is 0 Å². The number of rotatable bonds is 5. The fourth-order valence-corrected chi connectivity index (χ4v) is 2.93. The van der Waals surface area contributed by atoms with Crippen LogP contribution in [0.5, 0.6) is 5.75 Å². The Kier molecular flexibility index (Phi) is 5.68. The lowest BCUT2D eigenvalue weighted by Crippen LogP contribution is -2.24. The average molecular weight is 389 g/mol. The van der Waals surface area contributed by atoms with Gasteiger partial charge in [0.05, 0.1) is 0 Å². The Bertz CT molecular complexity index is 831. The van der Waals surface area contributed by atoms with E-state index in [-0.39, 0.29) is 10.8 Å². The Hall–Kier alpha value is -2.34. The maximum absolute atomic E-state index is 10.9. The van der Waals surface area contributed by atoms with Crippen molar-refractivity contribution < 1.29 is 24.3 Å². The predicted molar refractivity (Wildman–Crippen MR) is 108 cm³/mol. The van der Waals surface area contributed by atoms with Crippen molar-refractivity contribution in [3.8, 4) is 17.0 Å². The van der Waals surface area contributed by atoms with Crippen LogP contribution in [-0.4, -0.2) is 27.9 Å². The molecule has 2 aromatic rings. The van der Waals surface area contributed by atoms with Crippen molar-refractivity contribution in [2.45, 2.75) is 71.8 Å². The average Bonchev–Trinajstić information content (AvgIpc) is 3.02. The minimum Gasteiger partial charge on any atom is -0.507 e. The summed E-state index contributed by atoms with van der Waals surface area (Å²) in [4.78, 5) is 10.8. The Morgan fingerprint density at radius 3 is 1.93 bits per heavy atom. The highest BCUT2D eigenvalue weighted by atomic mass is 16.5. The molecule has 0 atom stereocenters. The summed E-state index contributed by atoms with van der Waals surface area (Å²) in [6, 6.07) is 5.61. The molecule has 0 aliphatic carbocycles. The molecule has 2 rings (SSSR count). The van der Waals surface area contributed by atoms with E-state index < -0.39 is 18.2 Å². The van der Waals surface area contributed by atoms with Gasteiger partial charge in [0.2, 0.25) is 0 Å². The normalized spacial score (nSPS) is 13.0. The Balaban J connectivity index is 2.54. The van der Waals surface area contributed by atoms with Crippen LogP contribution in [0.15, 0.2) is 22.7 Å². The molecule has 0 unspecified atom stereocenters. The molecule has 0 amide bonds. The fraction of sp³-hybridized carbons (Fsp3) is 0.545. The number of aliphatic carboxylic acids is 1. The standard InChI is InChI=1S/C22H31NO5/c1-20(2,3)14-9-13(10-15(19(14)26)21(4,5)6)16-11-17(28-23-16)22(7,8)27-12-18(24)25/h9-11,26H,12H2,1-8H3,(H,24,25). The zero-order chi connectivity index (χ0) is 21.5. The van der Waals surface area contributed by atoms with E-state index in [1.54, 1.807) is 19.9 Å². The summed E-state index contributed by atoms with van der Waals surface area (Å²) in [6.45, 7) is 15.3. The SMILES string of the molecule is CC(C)(C)c1cc(-c2cc(C(C)(C)OCC(=O)O)on2)cc(C(C)(C)C)c1O. The number of carboxylic acids is 1. The molecular formula is C22H31NO5. The van der Waals surface area contributed by atoms with Crippen LogP contribution in [0.4, 0.5) is 0 Å².